The number of Topliss-reactive ketones (excluding diaryl/α,β-unsaturated/α-hetero) is 1. The molecule has 0 bridgehead atoms. The van der Waals surface area contributed by atoms with Crippen molar-refractivity contribution < 1.29 is 22.8 Å². The van der Waals surface area contributed by atoms with Crippen LogP contribution in [0.25, 0.3) is 10.9 Å². The molecule has 1 aromatic heterocycles. The maximum Gasteiger partial charge on any atom is 0.268 e. The molecule has 8 heteroatoms. The van der Waals surface area contributed by atoms with E-state index in [0.717, 1.165) is 10.3 Å². The third kappa shape index (κ3) is 5.13. The number of fused-ring (bicyclic) bond motifs is 1. The Morgan fingerprint density at radius 1 is 0.906 bits per heavy atom. The highest BCUT2D eigenvalue weighted by atomic mass is 32.2. The molecule has 3 rings (SSSR count). The molecule has 0 aliphatic heterocycles. The Labute approximate surface area is 187 Å². The molecule has 0 atom stereocenters. The first kappa shape index (κ1) is 23.4. The lowest BCUT2D eigenvalue weighted by Gasteiger charge is -2.15. The third-order valence-electron chi connectivity index (χ3n) is 5.24. The summed E-state index contributed by atoms with van der Waals surface area (Å²) in [4.78, 5) is 36.3. The molecule has 2 amide bonds. The third-order valence-corrected chi connectivity index (χ3v) is 7.02. The number of carbonyl (C=O) groups is 3. The second kappa shape index (κ2) is 9.91. The van der Waals surface area contributed by atoms with Crippen LogP contribution in [-0.2, 0) is 30.8 Å². The second-order valence-electron chi connectivity index (χ2n) is 7.71. The van der Waals surface area contributed by atoms with E-state index in [1.165, 1.54) is 17.9 Å². The van der Waals surface area contributed by atoms with Crippen molar-refractivity contribution in [3.05, 3.63) is 66.4 Å². The van der Waals surface area contributed by atoms with Crippen LogP contribution in [0.15, 0.2) is 65.6 Å². The second-order valence-corrected chi connectivity index (χ2v) is 9.50. The molecule has 0 saturated carbocycles. The van der Waals surface area contributed by atoms with Gasteiger partial charge in [-0.3, -0.25) is 19.3 Å². The van der Waals surface area contributed by atoms with Gasteiger partial charge in [-0.25, -0.2) is 12.4 Å². The Bertz CT molecular complexity index is 1250. The number of carbonyl (C=O) groups excluding carboxylic acids is 3. The number of hydrogen-bond donors (Lipinski definition) is 0. The summed E-state index contributed by atoms with van der Waals surface area (Å²) in [5, 5.41) is 0.827. The van der Waals surface area contributed by atoms with Crippen molar-refractivity contribution in [2.24, 2.45) is 0 Å². The van der Waals surface area contributed by atoms with Crippen molar-refractivity contribution in [2.45, 2.75) is 43.9 Å². The van der Waals surface area contributed by atoms with E-state index in [0.29, 0.717) is 30.5 Å². The Morgan fingerprint density at radius 2 is 1.56 bits per heavy atom. The zero-order valence-corrected chi connectivity index (χ0v) is 19.0. The fraction of sp³-hybridized carbons (Fsp3) is 0.292. The lowest BCUT2D eigenvalue weighted by Crippen LogP contribution is -2.33. The normalized spacial score (nSPS) is 11.4. The van der Waals surface area contributed by atoms with Crippen LogP contribution in [0.1, 0.15) is 38.3 Å². The lowest BCUT2D eigenvalue weighted by atomic mass is 10.1. The Balaban J connectivity index is 1.75. The number of unbranched alkanes of at least 4 members (excludes halogenated alkanes) is 1. The van der Waals surface area contributed by atoms with Gasteiger partial charge in [0.2, 0.25) is 11.8 Å². The number of ketones is 1. The molecular weight excluding hydrogens is 428 g/mol. The highest BCUT2D eigenvalue weighted by Gasteiger charge is 2.23. The first-order chi connectivity index (χ1) is 15.2. The summed E-state index contributed by atoms with van der Waals surface area (Å²) in [6.45, 7) is 1.30. The number of nitrogens with zero attached hydrogens (tertiary/aromatic N) is 2. The molecule has 0 aliphatic carbocycles. The van der Waals surface area contributed by atoms with E-state index in [-0.39, 0.29) is 29.4 Å². The van der Waals surface area contributed by atoms with Crippen LogP contribution in [0, 0.1) is 0 Å². The summed E-state index contributed by atoms with van der Waals surface area (Å²) >= 11 is 0. The SMILES string of the molecule is CC(=O)CC(=O)N(C)C(=O)CCCCc1cc2ccccc2n1S(=O)(=O)c1ccccc1. The van der Waals surface area contributed by atoms with Crippen LogP contribution < -0.4 is 0 Å². The summed E-state index contributed by atoms with van der Waals surface area (Å²) in [6, 6.07) is 17.5. The number of aryl methyl sites for hydroxylation is 1. The van der Waals surface area contributed by atoms with E-state index in [2.05, 4.69) is 0 Å². The van der Waals surface area contributed by atoms with Crippen LogP contribution in [0.5, 0.6) is 0 Å². The van der Waals surface area contributed by atoms with E-state index in [1.54, 1.807) is 42.5 Å². The van der Waals surface area contributed by atoms with Gasteiger partial charge in [0.1, 0.15) is 5.78 Å². The molecule has 7 nitrogen and oxygen atoms in total. The summed E-state index contributed by atoms with van der Waals surface area (Å²) in [7, 11) is -2.40. The Morgan fingerprint density at radius 3 is 2.25 bits per heavy atom. The van der Waals surface area contributed by atoms with Crippen LogP contribution in [0.3, 0.4) is 0 Å². The number of aromatic nitrogens is 1. The van der Waals surface area contributed by atoms with Gasteiger partial charge in [-0.15, -0.1) is 0 Å². The van der Waals surface area contributed by atoms with Gasteiger partial charge in [0.15, 0.2) is 0 Å². The maximum atomic E-state index is 13.4. The predicted molar refractivity (Wildman–Crippen MR) is 122 cm³/mol. The van der Waals surface area contributed by atoms with E-state index >= 15 is 0 Å². The van der Waals surface area contributed by atoms with Crippen molar-refractivity contribution in [3.8, 4) is 0 Å². The number of para-hydroxylation sites is 1. The minimum absolute atomic E-state index is 0.145. The van der Waals surface area contributed by atoms with E-state index in [4.69, 9.17) is 0 Å². The standard InChI is InChI=1S/C24H26N2O5S/c1-18(27)16-24(29)25(2)23(28)15-9-7-11-20-17-19-10-6-8-14-22(19)26(20)32(30,31)21-12-4-3-5-13-21/h3-6,8,10,12-14,17H,7,9,11,15-16H2,1-2H3. The molecule has 0 radical (unpaired) electrons. The predicted octanol–water partition coefficient (Wildman–Crippen LogP) is 3.56. The smallest absolute Gasteiger partial charge is 0.268 e. The highest BCUT2D eigenvalue weighted by molar-refractivity contribution is 7.90. The number of rotatable bonds is 9. The quantitative estimate of drug-likeness (QED) is 0.364. The van der Waals surface area contributed by atoms with Gasteiger partial charge in [-0.2, -0.15) is 0 Å². The molecule has 32 heavy (non-hydrogen) atoms. The topological polar surface area (TPSA) is 93.5 Å². The lowest BCUT2D eigenvalue weighted by molar-refractivity contribution is -0.144. The summed E-state index contributed by atoms with van der Waals surface area (Å²) in [5.41, 5.74) is 1.25. The number of imide groups is 1. The monoisotopic (exact) mass is 454 g/mol. The molecule has 2 aromatic carbocycles. The fourth-order valence-electron chi connectivity index (χ4n) is 3.56. The van der Waals surface area contributed by atoms with Crippen molar-refractivity contribution in [1.82, 2.24) is 8.87 Å². The Kier molecular flexibility index (Phi) is 7.25. The molecule has 3 aromatic rings. The van der Waals surface area contributed by atoms with E-state index < -0.39 is 15.9 Å². The molecule has 0 spiro atoms. The van der Waals surface area contributed by atoms with Gasteiger partial charge in [-0.05, 0) is 50.5 Å². The van der Waals surface area contributed by atoms with E-state index in [9.17, 15) is 22.8 Å². The van der Waals surface area contributed by atoms with E-state index in [1.807, 2.05) is 18.2 Å². The zero-order valence-electron chi connectivity index (χ0n) is 18.2. The molecule has 0 aliphatic rings. The summed E-state index contributed by atoms with van der Waals surface area (Å²) in [5.74, 6) is -1.16. The van der Waals surface area contributed by atoms with Crippen LogP contribution >= 0.6 is 0 Å². The molecular formula is C24H26N2O5S. The highest BCUT2D eigenvalue weighted by Crippen LogP contribution is 2.27. The maximum absolute atomic E-state index is 13.4. The van der Waals surface area contributed by atoms with Crippen LogP contribution in [-0.4, -0.2) is 41.9 Å². The van der Waals surface area contributed by atoms with Crippen molar-refractivity contribution in [3.63, 3.8) is 0 Å². The molecule has 1 heterocycles. The molecule has 0 unspecified atom stereocenters. The van der Waals surface area contributed by atoms with Gasteiger partial charge in [0.05, 0.1) is 16.8 Å². The largest absolute Gasteiger partial charge is 0.299 e. The van der Waals surface area contributed by atoms with Crippen LogP contribution in [0.4, 0.5) is 0 Å². The van der Waals surface area contributed by atoms with Crippen molar-refractivity contribution in [2.75, 3.05) is 7.05 Å². The number of benzene rings is 2. The molecule has 0 saturated heterocycles. The van der Waals surface area contributed by atoms with Crippen LogP contribution in [0.2, 0.25) is 0 Å². The molecule has 168 valence electrons. The average molecular weight is 455 g/mol. The van der Waals surface area contributed by atoms with Gasteiger partial charge in [0, 0.05) is 24.5 Å². The minimum atomic E-state index is -3.78. The number of hydrogen-bond acceptors (Lipinski definition) is 5. The Hall–Kier alpha value is -3.26. The summed E-state index contributed by atoms with van der Waals surface area (Å²) in [6.07, 6.45) is 1.37. The first-order valence-electron chi connectivity index (χ1n) is 10.4. The minimum Gasteiger partial charge on any atom is -0.299 e. The molecule has 0 N–H and O–H groups in total. The zero-order chi connectivity index (χ0) is 23.3. The van der Waals surface area contributed by atoms with Gasteiger partial charge in [0.25, 0.3) is 10.0 Å². The number of amides is 2. The van der Waals surface area contributed by atoms with Gasteiger partial charge >= 0.3 is 0 Å². The van der Waals surface area contributed by atoms with Gasteiger partial charge in [-0.1, -0.05) is 36.4 Å². The van der Waals surface area contributed by atoms with Crippen molar-refractivity contribution in [1.29, 1.82) is 0 Å². The van der Waals surface area contributed by atoms with Gasteiger partial charge < -0.3 is 0 Å². The first-order valence-corrected chi connectivity index (χ1v) is 11.8. The average Bonchev–Trinajstić information content (AvgIpc) is 3.15. The fourth-order valence-corrected chi connectivity index (χ4v) is 5.15. The van der Waals surface area contributed by atoms with Crippen molar-refractivity contribution >= 4 is 38.5 Å². The molecule has 0 fully saturated rings. The summed E-state index contributed by atoms with van der Waals surface area (Å²) < 4.78 is 28.1.